The normalized spacial score (nSPS) is 11.5. The molecule has 0 aliphatic rings. The van der Waals surface area contributed by atoms with Gasteiger partial charge in [0, 0.05) is 6.54 Å². The first-order valence-electron chi connectivity index (χ1n) is 6.51. The number of nitrogen functional groups attached to an aromatic ring is 1. The monoisotopic (exact) mass is 234 g/mol. The van der Waals surface area contributed by atoms with E-state index in [1.165, 1.54) is 5.56 Å². The van der Waals surface area contributed by atoms with Crippen molar-refractivity contribution in [3.8, 4) is 0 Å². The number of rotatable bonds is 5. The maximum absolute atomic E-state index is 6.00. The molecular formula is C15H26N2. The van der Waals surface area contributed by atoms with Gasteiger partial charge in [-0.05, 0) is 42.4 Å². The molecule has 0 saturated heterocycles. The van der Waals surface area contributed by atoms with Gasteiger partial charge in [0.15, 0.2) is 0 Å². The minimum Gasteiger partial charge on any atom is -0.397 e. The molecule has 1 aromatic rings. The van der Waals surface area contributed by atoms with Gasteiger partial charge in [0.25, 0.3) is 0 Å². The molecule has 0 bridgehead atoms. The van der Waals surface area contributed by atoms with E-state index in [-0.39, 0.29) is 0 Å². The number of nitrogens with one attached hydrogen (secondary N) is 1. The van der Waals surface area contributed by atoms with E-state index in [0.29, 0.717) is 17.8 Å². The van der Waals surface area contributed by atoms with E-state index >= 15 is 0 Å². The molecule has 3 N–H and O–H groups in total. The molecule has 2 nitrogen and oxygen atoms in total. The molecule has 0 fully saturated rings. The summed E-state index contributed by atoms with van der Waals surface area (Å²) >= 11 is 0. The molecule has 1 aromatic carbocycles. The van der Waals surface area contributed by atoms with Crippen molar-refractivity contribution in [3.05, 3.63) is 23.8 Å². The summed E-state index contributed by atoms with van der Waals surface area (Å²) in [4.78, 5) is 0. The van der Waals surface area contributed by atoms with Crippen molar-refractivity contribution < 1.29 is 0 Å². The number of aryl methyl sites for hydroxylation is 1. The highest BCUT2D eigenvalue weighted by Crippen LogP contribution is 2.24. The number of hydrogen-bond acceptors (Lipinski definition) is 2. The van der Waals surface area contributed by atoms with Crippen LogP contribution in [0.25, 0.3) is 0 Å². The van der Waals surface area contributed by atoms with Gasteiger partial charge in [0.1, 0.15) is 0 Å². The molecule has 0 aromatic heterocycles. The number of hydrogen-bond donors (Lipinski definition) is 2. The summed E-state index contributed by atoms with van der Waals surface area (Å²) in [7, 11) is 0. The zero-order chi connectivity index (χ0) is 13.0. The first-order valence-corrected chi connectivity index (χ1v) is 6.51. The summed E-state index contributed by atoms with van der Waals surface area (Å²) < 4.78 is 0. The fraction of sp³-hybridized carbons (Fsp3) is 0.600. The Hall–Kier alpha value is -1.18. The van der Waals surface area contributed by atoms with Crippen molar-refractivity contribution in [1.29, 1.82) is 0 Å². The molecule has 17 heavy (non-hydrogen) atoms. The van der Waals surface area contributed by atoms with E-state index in [1.54, 1.807) is 0 Å². The van der Waals surface area contributed by atoms with Crippen LogP contribution in [-0.2, 0) is 0 Å². The number of nitrogens with two attached hydrogens (primary N) is 1. The van der Waals surface area contributed by atoms with Gasteiger partial charge in [-0.1, -0.05) is 33.8 Å². The fourth-order valence-corrected chi connectivity index (χ4v) is 2.31. The van der Waals surface area contributed by atoms with E-state index in [2.05, 4.69) is 52.1 Å². The highest BCUT2D eigenvalue weighted by Gasteiger charge is 2.17. The number of anilines is 2. The standard InChI is InChI=1S/C15H26N2/c1-10(2)13(11(3)4)9-17-15-7-6-12(5)8-14(15)16/h6-8,10-11,13,17H,9,16H2,1-5H3. The quantitative estimate of drug-likeness (QED) is 0.758. The summed E-state index contributed by atoms with van der Waals surface area (Å²) in [5.74, 6) is 2.05. The Morgan fingerprint density at radius 3 is 2.18 bits per heavy atom. The lowest BCUT2D eigenvalue weighted by Gasteiger charge is -2.26. The predicted octanol–water partition coefficient (Wildman–Crippen LogP) is 3.92. The highest BCUT2D eigenvalue weighted by atomic mass is 14.9. The van der Waals surface area contributed by atoms with Crippen molar-refractivity contribution in [2.75, 3.05) is 17.6 Å². The van der Waals surface area contributed by atoms with Gasteiger partial charge in [0.05, 0.1) is 11.4 Å². The fourth-order valence-electron chi connectivity index (χ4n) is 2.31. The Morgan fingerprint density at radius 1 is 1.12 bits per heavy atom. The Kier molecular flexibility index (Phi) is 4.86. The third-order valence-corrected chi connectivity index (χ3v) is 3.45. The van der Waals surface area contributed by atoms with Crippen LogP contribution < -0.4 is 11.1 Å². The lowest BCUT2D eigenvalue weighted by Crippen LogP contribution is -2.24. The van der Waals surface area contributed by atoms with Crippen LogP contribution in [0.1, 0.15) is 33.3 Å². The summed E-state index contributed by atoms with van der Waals surface area (Å²) in [6.45, 7) is 12.2. The SMILES string of the molecule is Cc1ccc(NCC(C(C)C)C(C)C)c(N)c1. The summed E-state index contributed by atoms with van der Waals surface area (Å²) in [6, 6.07) is 6.18. The summed E-state index contributed by atoms with van der Waals surface area (Å²) in [5.41, 5.74) is 9.10. The van der Waals surface area contributed by atoms with Gasteiger partial charge >= 0.3 is 0 Å². The molecule has 0 spiro atoms. The van der Waals surface area contributed by atoms with E-state index in [4.69, 9.17) is 5.73 Å². The van der Waals surface area contributed by atoms with E-state index in [1.807, 2.05) is 6.07 Å². The minimum atomic E-state index is 0.677. The maximum atomic E-state index is 6.00. The molecular weight excluding hydrogens is 208 g/mol. The van der Waals surface area contributed by atoms with Gasteiger partial charge in [-0.25, -0.2) is 0 Å². The summed E-state index contributed by atoms with van der Waals surface area (Å²) in [5, 5.41) is 3.48. The Balaban J connectivity index is 2.65. The van der Waals surface area contributed by atoms with E-state index in [0.717, 1.165) is 17.9 Å². The van der Waals surface area contributed by atoms with Crippen LogP contribution >= 0.6 is 0 Å². The third kappa shape index (κ3) is 3.95. The van der Waals surface area contributed by atoms with Crippen LogP contribution in [-0.4, -0.2) is 6.54 Å². The van der Waals surface area contributed by atoms with E-state index in [9.17, 15) is 0 Å². The topological polar surface area (TPSA) is 38.0 Å². The zero-order valence-corrected chi connectivity index (χ0v) is 11.7. The van der Waals surface area contributed by atoms with Crippen LogP contribution in [0.5, 0.6) is 0 Å². The van der Waals surface area contributed by atoms with Gasteiger partial charge in [0.2, 0.25) is 0 Å². The molecule has 96 valence electrons. The van der Waals surface area contributed by atoms with Crippen LogP contribution in [0, 0.1) is 24.7 Å². The zero-order valence-electron chi connectivity index (χ0n) is 11.7. The maximum Gasteiger partial charge on any atom is 0.0574 e. The second-order valence-electron chi connectivity index (χ2n) is 5.62. The van der Waals surface area contributed by atoms with E-state index < -0.39 is 0 Å². The third-order valence-electron chi connectivity index (χ3n) is 3.45. The average molecular weight is 234 g/mol. The Labute approximate surface area is 106 Å². The van der Waals surface area contributed by atoms with Crippen molar-refractivity contribution in [3.63, 3.8) is 0 Å². The second-order valence-corrected chi connectivity index (χ2v) is 5.62. The van der Waals surface area contributed by atoms with Crippen molar-refractivity contribution >= 4 is 11.4 Å². The minimum absolute atomic E-state index is 0.677. The molecule has 0 aliphatic carbocycles. The van der Waals surface area contributed by atoms with Crippen molar-refractivity contribution in [2.45, 2.75) is 34.6 Å². The lowest BCUT2D eigenvalue weighted by atomic mass is 9.85. The second kappa shape index (κ2) is 5.95. The lowest BCUT2D eigenvalue weighted by molar-refractivity contribution is 0.304. The molecule has 0 amide bonds. The van der Waals surface area contributed by atoms with Crippen molar-refractivity contribution in [2.24, 2.45) is 17.8 Å². The molecule has 0 radical (unpaired) electrons. The molecule has 2 heteroatoms. The molecule has 0 aliphatic heterocycles. The van der Waals surface area contributed by atoms with Gasteiger partial charge < -0.3 is 11.1 Å². The predicted molar refractivity (Wildman–Crippen MR) is 77.2 cm³/mol. The van der Waals surface area contributed by atoms with Gasteiger partial charge in [-0.3, -0.25) is 0 Å². The Bertz CT molecular complexity index is 348. The average Bonchev–Trinajstić information content (AvgIpc) is 2.20. The first-order chi connectivity index (χ1) is 7.91. The Morgan fingerprint density at radius 2 is 1.71 bits per heavy atom. The largest absolute Gasteiger partial charge is 0.397 e. The molecule has 0 atom stereocenters. The van der Waals surface area contributed by atoms with Crippen LogP contribution in [0.2, 0.25) is 0 Å². The van der Waals surface area contributed by atoms with Crippen molar-refractivity contribution in [1.82, 2.24) is 0 Å². The smallest absolute Gasteiger partial charge is 0.0574 e. The van der Waals surface area contributed by atoms with Crippen LogP contribution in [0.3, 0.4) is 0 Å². The first kappa shape index (κ1) is 13.9. The van der Waals surface area contributed by atoms with Crippen LogP contribution in [0.4, 0.5) is 11.4 Å². The number of benzene rings is 1. The summed E-state index contributed by atoms with van der Waals surface area (Å²) in [6.07, 6.45) is 0. The van der Waals surface area contributed by atoms with Gasteiger partial charge in [-0.15, -0.1) is 0 Å². The molecule has 0 unspecified atom stereocenters. The molecule has 0 heterocycles. The van der Waals surface area contributed by atoms with Gasteiger partial charge in [-0.2, -0.15) is 0 Å². The van der Waals surface area contributed by atoms with Crippen LogP contribution in [0.15, 0.2) is 18.2 Å². The molecule has 0 saturated carbocycles. The highest BCUT2D eigenvalue weighted by molar-refractivity contribution is 5.66. The molecule has 1 rings (SSSR count).